The number of rotatable bonds is 1. The fourth-order valence-electron chi connectivity index (χ4n) is 1.57. The molecule has 0 saturated carbocycles. The Bertz CT molecular complexity index is 570. The third kappa shape index (κ3) is 1.30. The minimum absolute atomic E-state index is 0.0771. The zero-order valence-corrected chi connectivity index (χ0v) is 7.74. The highest BCUT2D eigenvalue weighted by molar-refractivity contribution is 6.20. The minimum Gasteiger partial charge on any atom is -0.289 e. The molecular formula is C12H6N2O. The molecule has 1 aliphatic carbocycles. The molecule has 3 nitrogen and oxygen atoms in total. The second-order valence-corrected chi connectivity index (χ2v) is 3.05. The molecule has 0 aliphatic heterocycles. The molecule has 0 amide bonds. The number of hydrogen-bond donors (Lipinski definition) is 1. The van der Waals surface area contributed by atoms with Gasteiger partial charge in [-0.15, -0.1) is 0 Å². The first-order valence-corrected chi connectivity index (χ1v) is 4.31. The summed E-state index contributed by atoms with van der Waals surface area (Å²) in [6.45, 7) is 6.89. The minimum atomic E-state index is -0.114. The van der Waals surface area contributed by atoms with E-state index in [2.05, 4.69) is 4.85 Å². The smallest absolute Gasteiger partial charge is 0.254 e. The van der Waals surface area contributed by atoms with Crippen LogP contribution in [0.4, 0.5) is 0 Å². The highest BCUT2D eigenvalue weighted by atomic mass is 16.1. The molecule has 1 N–H and O–H groups in total. The molecule has 1 aliphatic rings. The van der Waals surface area contributed by atoms with E-state index in [-0.39, 0.29) is 11.5 Å². The summed E-state index contributed by atoms with van der Waals surface area (Å²) >= 11 is 0. The summed E-state index contributed by atoms with van der Waals surface area (Å²) in [5.41, 5.74) is 1.88. The second-order valence-electron chi connectivity index (χ2n) is 3.05. The van der Waals surface area contributed by atoms with Gasteiger partial charge in [0.1, 0.15) is 0 Å². The van der Waals surface area contributed by atoms with Gasteiger partial charge in [0, 0.05) is 11.1 Å². The number of fused-ring (bicyclic) bond motifs is 1. The van der Waals surface area contributed by atoms with Crippen molar-refractivity contribution >= 4 is 17.2 Å². The molecule has 15 heavy (non-hydrogen) atoms. The summed E-state index contributed by atoms with van der Waals surface area (Å²) in [7, 11) is 0. The molecule has 0 fully saturated rings. The average Bonchev–Trinajstić information content (AvgIpc) is 2.60. The number of nitrogens with one attached hydrogen (secondary N) is 1. The number of benzene rings is 1. The molecule has 0 aromatic heterocycles. The van der Waals surface area contributed by atoms with Crippen LogP contribution in [0.3, 0.4) is 0 Å². The van der Waals surface area contributed by atoms with E-state index in [1.54, 1.807) is 24.3 Å². The number of hydrogen-bond acceptors (Lipinski definition) is 2. The van der Waals surface area contributed by atoms with Crippen molar-refractivity contribution in [1.29, 1.82) is 5.41 Å². The van der Waals surface area contributed by atoms with Gasteiger partial charge >= 0.3 is 0 Å². The van der Waals surface area contributed by atoms with Gasteiger partial charge in [0.2, 0.25) is 0 Å². The lowest BCUT2D eigenvalue weighted by atomic mass is 10.0. The van der Waals surface area contributed by atoms with E-state index >= 15 is 0 Å². The van der Waals surface area contributed by atoms with Gasteiger partial charge in [-0.2, -0.15) is 0 Å². The van der Waals surface area contributed by atoms with E-state index in [1.165, 1.54) is 6.08 Å². The summed E-state index contributed by atoms with van der Waals surface area (Å²) < 4.78 is 0. The summed E-state index contributed by atoms with van der Waals surface area (Å²) in [6, 6.07) is 7.07. The Labute approximate surface area is 86.7 Å². The highest BCUT2D eigenvalue weighted by Crippen LogP contribution is 2.31. The van der Waals surface area contributed by atoms with Crippen molar-refractivity contribution < 1.29 is 4.79 Å². The molecule has 0 heterocycles. The maximum atomic E-state index is 11.5. The van der Waals surface area contributed by atoms with E-state index in [1.807, 2.05) is 5.87 Å². The monoisotopic (exact) mass is 194 g/mol. The van der Waals surface area contributed by atoms with Crippen molar-refractivity contribution in [2.45, 2.75) is 0 Å². The number of nitrogens with zero attached hydrogens (tertiary/aromatic N) is 1. The largest absolute Gasteiger partial charge is 0.289 e. The first-order valence-electron chi connectivity index (χ1n) is 4.31. The fraction of sp³-hybridized carbons (Fsp3) is 0. The molecule has 70 valence electrons. The van der Waals surface area contributed by atoms with Crippen molar-refractivity contribution in [3.8, 4) is 0 Å². The van der Waals surface area contributed by atoms with Crippen LogP contribution < -0.4 is 0 Å². The topological polar surface area (TPSA) is 45.3 Å². The van der Waals surface area contributed by atoms with E-state index in [9.17, 15) is 4.79 Å². The lowest BCUT2D eigenvalue weighted by Gasteiger charge is -2.00. The molecular weight excluding hydrogens is 188 g/mol. The molecule has 0 saturated heterocycles. The maximum absolute atomic E-state index is 11.5. The first kappa shape index (κ1) is 9.14. The normalized spacial score (nSPS) is 12.5. The SMILES string of the molecule is [C-]#[N+]C(=C=N)C1=CC(=O)c2ccccc21. The first-order chi connectivity index (χ1) is 7.27. The van der Waals surface area contributed by atoms with Gasteiger partial charge in [0.25, 0.3) is 5.70 Å². The Morgan fingerprint density at radius 1 is 1.33 bits per heavy atom. The van der Waals surface area contributed by atoms with E-state index in [4.69, 9.17) is 12.0 Å². The van der Waals surface area contributed by atoms with Gasteiger partial charge in [-0.25, -0.2) is 4.85 Å². The second kappa shape index (κ2) is 3.38. The van der Waals surface area contributed by atoms with E-state index < -0.39 is 0 Å². The van der Waals surface area contributed by atoms with E-state index in [0.717, 1.165) is 0 Å². The van der Waals surface area contributed by atoms with Gasteiger partial charge in [-0.05, 0) is 17.5 Å². The van der Waals surface area contributed by atoms with Crippen molar-refractivity contribution in [3.05, 3.63) is 58.6 Å². The number of ketones is 1. The Balaban J connectivity index is 2.66. The van der Waals surface area contributed by atoms with Crippen LogP contribution in [0.1, 0.15) is 15.9 Å². The summed E-state index contributed by atoms with van der Waals surface area (Å²) in [5, 5.41) is 6.98. The van der Waals surface area contributed by atoms with E-state index in [0.29, 0.717) is 16.7 Å². The van der Waals surface area contributed by atoms with Gasteiger partial charge in [-0.1, -0.05) is 24.3 Å². The fourth-order valence-corrected chi connectivity index (χ4v) is 1.57. The van der Waals surface area contributed by atoms with Crippen LogP contribution in [-0.2, 0) is 0 Å². The Morgan fingerprint density at radius 3 is 2.60 bits per heavy atom. The van der Waals surface area contributed by atoms with Crippen LogP contribution in [0, 0.1) is 12.0 Å². The van der Waals surface area contributed by atoms with Gasteiger partial charge in [0.15, 0.2) is 5.78 Å². The highest BCUT2D eigenvalue weighted by Gasteiger charge is 2.22. The quantitative estimate of drug-likeness (QED) is 0.541. The Hall–Kier alpha value is -2.43. The van der Waals surface area contributed by atoms with Crippen LogP contribution in [-0.4, -0.2) is 11.7 Å². The van der Waals surface area contributed by atoms with Crippen molar-refractivity contribution in [2.24, 2.45) is 0 Å². The number of carbonyl (C=O) groups excluding carboxylic acids is 1. The standard InChI is InChI=1S/C12H6N2O/c1-14-11(7-13)10-6-12(15)9-5-3-2-4-8(9)10/h2-6,13H. The number of allylic oxidation sites excluding steroid dienone is 2. The maximum Gasteiger partial charge on any atom is 0.254 e. The van der Waals surface area contributed by atoms with Crippen molar-refractivity contribution in [2.75, 3.05) is 0 Å². The van der Waals surface area contributed by atoms with Crippen molar-refractivity contribution in [3.63, 3.8) is 0 Å². The predicted molar refractivity (Wildman–Crippen MR) is 56.6 cm³/mol. The zero-order chi connectivity index (χ0) is 10.8. The zero-order valence-electron chi connectivity index (χ0n) is 7.74. The van der Waals surface area contributed by atoms with Crippen LogP contribution in [0.15, 0.2) is 36.0 Å². The van der Waals surface area contributed by atoms with Gasteiger partial charge < -0.3 is 0 Å². The summed E-state index contributed by atoms with van der Waals surface area (Å²) in [6.07, 6.45) is 1.39. The molecule has 0 spiro atoms. The third-order valence-corrected chi connectivity index (χ3v) is 2.24. The van der Waals surface area contributed by atoms with Crippen LogP contribution in [0.25, 0.3) is 10.4 Å². The van der Waals surface area contributed by atoms with Crippen molar-refractivity contribution in [1.82, 2.24) is 0 Å². The molecule has 0 atom stereocenters. The van der Waals surface area contributed by atoms with Crippen LogP contribution in [0.2, 0.25) is 0 Å². The summed E-state index contributed by atoms with van der Waals surface area (Å²) in [4.78, 5) is 14.7. The molecule has 0 radical (unpaired) electrons. The van der Waals surface area contributed by atoms with Crippen LogP contribution >= 0.6 is 0 Å². The van der Waals surface area contributed by atoms with Gasteiger partial charge in [0.05, 0.1) is 6.57 Å². The Kier molecular flexibility index (Phi) is 2.06. The Morgan fingerprint density at radius 2 is 2.00 bits per heavy atom. The lowest BCUT2D eigenvalue weighted by molar-refractivity contribution is 0.105. The molecule has 0 unspecified atom stereocenters. The molecule has 1 aromatic carbocycles. The average molecular weight is 194 g/mol. The van der Waals surface area contributed by atoms with Crippen LogP contribution in [0.5, 0.6) is 0 Å². The lowest BCUT2D eigenvalue weighted by Crippen LogP contribution is -1.90. The molecule has 0 bridgehead atoms. The molecule has 2 rings (SSSR count). The summed E-state index contributed by atoms with van der Waals surface area (Å²) in [5.74, 6) is 1.93. The molecule has 3 heteroatoms. The third-order valence-electron chi connectivity index (χ3n) is 2.24. The number of carbonyl (C=O) groups is 1. The predicted octanol–water partition coefficient (Wildman–Crippen LogP) is 2.32. The molecule has 1 aromatic rings. The van der Waals surface area contributed by atoms with Gasteiger partial charge in [-0.3, -0.25) is 10.2 Å².